The molecule has 0 amide bonds. The van der Waals surface area contributed by atoms with Gasteiger partial charge in [-0.05, 0) is 0 Å². The van der Waals surface area contributed by atoms with Gasteiger partial charge in [-0.3, -0.25) is 13.7 Å². The smallest absolute Gasteiger partial charge is 0.394 e. The van der Waals surface area contributed by atoms with Crippen LogP contribution in [0.25, 0.3) is 0 Å². The van der Waals surface area contributed by atoms with E-state index in [4.69, 9.17) is 27.9 Å². The molecule has 0 spiro atoms. The Labute approximate surface area is 186 Å². The zero-order valence-corrected chi connectivity index (χ0v) is 18.3. The number of ether oxygens (including phenoxy) is 3. The van der Waals surface area contributed by atoms with Gasteiger partial charge in [-0.2, -0.15) is 25.3 Å². The summed E-state index contributed by atoms with van der Waals surface area (Å²) in [6.07, 6.45) is -19.3. The lowest BCUT2D eigenvalue weighted by Crippen LogP contribution is -2.63. The Morgan fingerprint density at radius 1 is 0.758 bits per heavy atom. The number of aliphatic hydroxyl groups excluding tert-OH is 4. The van der Waals surface area contributed by atoms with Gasteiger partial charge in [0.15, 0.2) is 24.8 Å². The van der Waals surface area contributed by atoms with Crippen LogP contribution in [0.2, 0.25) is 0 Å². The SMILES string of the molecule is O=S(=O)(O)O[C@@H]1[C@@H](OS(=O)(=O)O)[C@H](O[C@H]2O[C@H](CO)[C@H](O)[C@H](O)[C@H]2OS(=O)(=O)O)CO[C@H]1O. The molecule has 0 aromatic rings. The number of hydrogen-bond donors (Lipinski definition) is 7. The first-order valence-electron chi connectivity index (χ1n) is 8.46. The third-order valence-corrected chi connectivity index (χ3v) is 5.63. The molecule has 33 heavy (non-hydrogen) atoms. The average molecular weight is 552 g/mol. The summed E-state index contributed by atoms with van der Waals surface area (Å²) in [4.78, 5) is 0. The highest BCUT2D eigenvalue weighted by Gasteiger charge is 2.52. The molecule has 0 bridgehead atoms. The standard InChI is InChI=1S/C11H20O19S3/c12-1-3-5(13)6(14)8(29-32(19,20)21)11(26-3)27-4-2-25-10(15)9(30-33(22,23)24)7(4)28-31(16,17)18/h3-15H,1-2H2,(H,16,17,18)(H,19,20,21)(H,22,23,24)/t3-,4-,5+,6+,7+,8-,9-,10-,11-/m1/s1. The zero-order valence-electron chi connectivity index (χ0n) is 15.9. The van der Waals surface area contributed by atoms with Gasteiger partial charge in [0.25, 0.3) is 0 Å². The molecule has 2 aliphatic rings. The van der Waals surface area contributed by atoms with Crippen LogP contribution in [-0.4, -0.2) is 128 Å². The molecule has 19 nitrogen and oxygen atoms in total. The fourth-order valence-corrected chi connectivity index (χ4v) is 4.44. The fraction of sp³-hybridized carbons (Fsp3) is 1.00. The first-order valence-corrected chi connectivity index (χ1v) is 12.6. The van der Waals surface area contributed by atoms with Crippen molar-refractivity contribution < 1.29 is 86.1 Å². The third kappa shape index (κ3) is 8.20. The topological polar surface area (TPSA) is 299 Å². The monoisotopic (exact) mass is 552 g/mol. The van der Waals surface area contributed by atoms with Gasteiger partial charge < -0.3 is 34.6 Å². The fourth-order valence-electron chi connectivity index (χ4n) is 2.95. The first-order chi connectivity index (χ1) is 14.9. The van der Waals surface area contributed by atoms with Crippen LogP contribution in [-0.2, 0) is 58.0 Å². The molecule has 2 rings (SSSR count). The van der Waals surface area contributed by atoms with Crippen molar-refractivity contribution >= 4 is 31.2 Å². The molecule has 0 saturated carbocycles. The van der Waals surface area contributed by atoms with Crippen molar-refractivity contribution in [3.05, 3.63) is 0 Å². The summed E-state index contributed by atoms with van der Waals surface area (Å²) < 4.78 is 121. The maximum absolute atomic E-state index is 11.2. The predicted molar refractivity (Wildman–Crippen MR) is 93.9 cm³/mol. The molecule has 7 N–H and O–H groups in total. The molecule has 2 heterocycles. The molecule has 2 aliphatic heterocycles. The van der Waals surface area contributed by atoms with Crippen LogP contribution in [0.15, 0.2) is 0 Å². The quantitative estimate of drug-likeness (QED) is 0.131. The van der Waals surface area contributed by atoms with Gasteiger partial charge in [0, 0.05) is 0 Å². The van der Waals surface area contributed by atoms with E-state index in [0.29, 0.717) is 0 Å². The Morgan fingerprint density at radius 2 is 1.24 bits per heavy atom. The van der Waals surface area contributed by atoms with Crippen LogP contribution in [0.5, 0.6) is 0 Å². The van der Waals surface area contributed by atoms with Gasteiger partial charge in [-0.15, -0.1) is 0 Å². The van der Waals surface area contributed by atoms with Crippen molar-refractivity contribution in [3.8, 4) is 0 Å². The van der Waals surface area contributed by atoms with Crippen LogP contribution >= 0.6 is 0 Å². The number of rotatable bonds is 9. The molecule has 0 aromatic carbocycles. The highest BCUT2D eigenvalue weighted by Crippen LogP contribution is 2.31. The van der Waals surface area contributed by atoms with Crippen molar-refractivity contribution in [2.75, 3.05) is 13.2 Å². The molecule has 0 radical (unpaired) electrons. The molecule has 0 aromatic heterocycles. The minimum Gasteiger partial charge on any atom is -0.394 e. The molecular formula is C11H20O19S3. The van der Waals surface area contributed by atoms with E-state index < -0.39 is 99.7 Å². The van der Waals surface area contributed by atoms with Crippen LogP contribution in [0.3, 0.4) is 0 Å². The normalized spacial score (nSPS) is 38.8. The molecule has 9 atom stereocenters. The summed E-state index contributed by atoms with van der Waals surface area (Å²) in [6, 6.07) is 0. The Hall–Kier alpha value is -0.670. The highest BCUT2D eigenvalue weighted by molar-refractivity contribution is 7.81. The Bertz CT molecular complexity index is 976. The lowest BCUT2D eigenvalue weighted by Gasteiger charge is -2.44. The van der Waals surface area contributed by atoms with Gasteiger partial charge in [0.1, 0.15) is 30.5 Å². The number of aliphatic hydroxyl groups is 4. The van der Waals surface area contributed by atoms with E-state index in [0.717, 1.165) is 0 Å². The van der Waals surface area contributed by atoms with Crippen LogP contribution in [0.1, 0.15) is 0 Å². The number of hydrogen-bond acceptors (Lipinski definition) is 16. The Morgan fingerprint density at radius 3 is 1.73 bits per heavy atom. The van der Waals surface area contributed by atoms with Crippen LogP contribution in [0.4, 0.5) is 0 Å². The summed E-state index contributed by atoms with van der Waals surface area (Å²) in [5.41, 5.74) is 0. The summed E-state index contributed by atoms with van der Waals surface area (Å²) in [7, 11) is -16.2. The second kappa shape index (κ2) is 10.5. The molecule has 196 valence electrons. The lowest BCUT2D eigenvalue weighted by atomic mass is 9.99. The molecular weight excluding hydrogens is 532 g/mol. The molecule has 0 aliphatic carbocycles. The van der Waals surface area contributed by atoms with E-state index in [1.807, 2.05) is 0 Å². The lowest BCUT2D eigenvalue weighted by molar-refractivity contribution is -0.333. The Kier molecular flexibility index (Phi) is 9.11. The zero-order chi connectivity index (χ0) is 25.4. The molecule has 2 fully saturated rings. The van der Waals surface area contributed by atoms with Gasteiger partial charge >= 0.3 is 31.2 Å². The summed E-state index contributed by atoms with van der Waals surface area (Å²) >= 11 is 0. The second-order valence-corrected chi connectivity index (χ2v) is 9.71. The van der Waals surface area contributed by atoms with Crippen molar-refractivity contribution in [3.63, 3.8) is 0 Å². The second-order valence-electron chi connectivity index (χ2n) is 6.57. The summed E-state index contributed by atoms with van der Waals surface area (Å²) in [6.45, 7) is -1.87. The minimum absolute atomic E-state index is 0.895. The molecule has 22 heteroatoms. The van der Waals surface area contributed by atoms with Crippen LogP contribution < -0.4 is 0 Å². The van der Waals surface area contributed by atoms with Crippen molar-refractivity contribution in [1.29, 1.82) is 0 Å². The van der Waals surface area contributed by atoms with E-state index in [2.05, 4.69) is 12.5 Å². The van der Waals surface area contributed by atoms with E-state index in [1.165, 1.54) is 0 Å². The van der Waals surface area contributed by atoms with Crippen molar-refractivity contribution in [2.24, 2.45) is 0 Å². The Balaban J connectivity index is 2.40. The van der Waals surface area contributed by atoms with E-state index >= 15 is 0 Å². The summed E-state index contributed by atoms with van der Waals surface area (Å²) in [5, 5.41) is 39.0. The van der Waals surface area contributed by atoms with Gasteiger partial charge in [-0.1, -0.05) is 0 Å². The van der Waals surface area contributed by atoms with Crippen molar-refractivity contribution in [2.45, 2.75) is 55.3 Å². The minimum atomic E-state index is -5.43. The molecule has 2 saturated heterocycles. The highest BCUT2D eigenvalue weighted by atomic mass is 32.3. The van der Waals surface area contributed by atoms with E-state index in [1.54, 1.807) is 0 Å². The molecule has 0 unspecified atom stereocenters. The van der Waals surface area contributed by atoms with E-state index in [-0.39, 0.29) is 0 Å². The maximum Gasteiger partial charge on any atom is 0.397 e. The van der Waals surface area contributed by atoms with Gasteiger partial charge in [-0.25, -0.2) is 12.5 Å². The van der Waals surface area contributed by atoms with Crippen molar-refractivity contribution in [1.82, 2.24) is 0 Å². The van der Waals surface area contributed by atoms with Crippen LogP contribution in [0, 0.1) is 0 Å². The van der Waals surface area contributed by atoms with E-state index in [9.17, 15) is 45.7 Å². The summed E-state index contributed by atoms with van der Waals surface area (Å²) in [5.74, 6) is 0. The third-order valence-electron chi connectivity index (χ3n) is 4.23. The van der Waals surface area contributed by atoms with Gasteiger partial charge in [0.2, 0.25) is 0 Å². The predicted octanol–water partition coefficient (Wildman–Crippen LogP) is -5.28. The first kappa shape index (κ1) is 28.6. The average Bonchev–Trinajstić information content (AvgIpc) is 2.63. The van der Waals surface area contributed by atoms with Gasteiger partial charge in [0.05, 0.1) is 13.2 Å². The largest absolute Gasteiger partial charge is 0.397 e. The maximum atomic E-state index is 11.2.